The number of nitrogens with zero attached hydrogens (tertiary/aromatic N) is 3. The molecule has 140 valence electrons. The standard InChI is InChI=1S/C22H27N5/c1-15(2)18-8-5-9-19(16(3)4)21(18)27-22-24-12-10-20(26-22)25-14-17-7-6-11-23-13-17/h5-13,15-16H,14H2,1-4H3,(H2,24,25,26,27). The first-order valence-electron chi connectivity index (χ1n) is 9.40. The molecule has 0 aliphatic rings. The number of benzene rings is 1. The van der Waals surface area contributed by atoms with Gasteiger partial charge in [-0.3, -0.25) is 4.98 Å². The fourth-order valence-corrected chi connectivity index (χ4v) is 3.02. The van der Waals surface area contributed by atoms with Crippen LogP contribution in [0.3, 0.4) is 0 Å². The molecular weight excluding hydrogens is 334 g/mol. The molecule has 0 radical (unpaired) electrons. The van der Waals surface area contributed by atoms with E-state index < -0.39 is 0 Å². The quantitative estimate of drug-likeness (QED) is 0.584. The number of para-hydroxylation sites is 1. The molecule has 5 heteroatoms. The van der Waals surface area contributed by atoms with E-state index in [1.807, 2.05) is 24.4 Å². The first kappa shape index (κ1) is 18.8. The van der Waals surface area contributed by atoms with Crippen LogP contribution >= 0.6 is 0 Å². The highest BCUT2D eigenvalue weighted by Crippen LogP contribution is 2.33. The monoisotopic (exact) mass is 361 g/mol. The van der Waals surface area contributed by atoms with Crippen LogP contribution in [0.2, 0.25) is 0 Å². The van der Waals surface area contributed by atoms with Crippen LogP contribution in [0.1, 0.15) is 56.2 Å². The summed E-state index contributed by atoms with van der Waals surface area (Å²) in [6.45, 7) is 9.49. The van der Waals surface area contributed by atoms with Crippen molar-refractivity contribution in [2.24, 2.45) is 0 Å². The lowest BCUT2D eigenvalue weighted by atomic mass is 9.93. The summed E-state index contributed by atoms with van der Waals surface area (Å²) in [5, 5.41) is 6.80. The van der Waals surface area contributed by atoms with Gasteiger partial charge in [0.05, 0.1) is 0 Å². The minimum atomic E-state index is 0.415. The molecule has 0 unspecified atom stereocenters. The van der Waals surface area contributed by atoms with Crippen LogP contribution in [0.5, 0.6) is 0 Å². The molecule has 1 aromatic carbocycles. The highest BCUT2D eigenvalue weighted by atomic mass is 15.1. The highest BCUT2D eigenvalue weighted by molar-refractivity contribution is 5.65. The number of nitrogens with one attached hydrogen (secondary N) is 2. The summed E-state index contributed by atoms with van der Waals surface area (Å²) in [5.41, 5.74) is 4.78. The molecule has 5 nitrogen and oxygen atoms in total. The summed E-state index contributed by atoms with van der Waals surface area (Å²) in [4.78, 5) is 13.2. The fraction of sp³-hybridized carbons (Fsp3) is 0.318. The number of pyridine rings is 1. The molecule has 2 N–H and O–H groups in total. The van der Waals surface area contributed by atoms with Crippen molar-refractivity contribution in [1.82, 2.24) is 15.0 Å². The Morgan fingerprint density at radius 3 is 2.26 bits per heavy atom. The lowest BCUT2D eigenvalue weighted by Crippen LogP contribution is -2.08. The van der Waals surface area contributed by atoms with Gasteiger partial charge in [0.25, 0.3) is 0 Å². The Hall–Kier alpha value is -2.95. The van der Waals surface area contributed by atoms with Crippen molar-refractivity contribution in [1.29, 1.82) is 0 Å². The molecule has 2 heterocycles. The predicted molar refractivity (Wildman–Crippen MR) is 111 cm³/mol. The Labute approximate surface area is 161 Å². The Kier molecular flexibility index (Phi) is 6.01. The maximum absolute atomic E-state index is 4.63. The molecule has 2 aromatic heterocycles. The normalized spacial score (nSPS) is 11.0. The van der Waals surface area contributed by atoms with Crippen molar-refractivity contribution < 1.29 is 0 Å². The van der Waals surface area contributed by atoms with E-state index in [1.165, 1.54) is 11.1 Å². The topological polar surface area (TPSA) is 62.7 Å². The number of hydrogen-bond acceptors (Lipinski definition) is 5. The van der Waals surface area contributed by atoms with Crippen molar-refractivity contribution in [2.45, 2.75) is 46.1 Å². The van der Waals surface area contributed by atoms with Gasteiger partial charge in [-0.25, -0.2) is 4.98 Å². The molecule has 0 aliphatic carbocycles. The second kappa shape index (κ2) is 8.62. The maximum Gasteiger partial charge on any atom is 0.229 e. The van der Waals surface area contributed by atoms with Gasteiger partial charge in [0.2, 0.25) is 5.95 Å². The molecule has 0 bridgehead atoms. The van der Waals surface area contributed by atoms with Gasteiger partial charge >= 0.3 is 0 Å². The Morgan fingerprint density at radius 2 is 1.63 bits per heavy atom. The summed E-state index contributed by atoms with van der Waals surface area (Å²) in [7, 11) is 0. The van der Waals surface area contributed by atoms with E-state index in [9.17, 15) is 0 Å². The van der Waals surface area contributed by atoms with E-state index in [2.05, 4.69) is 71.5 Å². The molecule has 0 amide bonds. The van der Waals surface area contributed by atoms with Crippen molar-refractivity contribution in [3.63, 3.8) is 0 Å². The molecule has 27 heavy (non-hydrogen) atoms. The summed E-state index contributed by atoms with van der Waals surface area (Å²) < 4.78 is 0. The van der Waals surface area contributed by atoms with Crippen LogP contribution in [-0.2, 0) is 6.54 Å². The number of hydrogen-bond donors (Lipinski definition) is 2. The molecule has 0 atom stereocenters. The van der Waals surface area contributed by atoms with Crippen LogP contribution in [0, 0.1) is 0 Å². The van der Waals surface area contributed by atoms with Crippen LogP contribution in [-0.4, -0.2) is 15.0 Å². The van der Waals surface area contributed by atoms with Gasteiger partial charge in [-0.1, -0.05) is 52.0 Å². The minimum absolute atomic E-state index is 0.415. The second-order valence-electron chi connectivity index (χ2n) is 7.23. The van der Waals surface area contributed by atoms with Gasteiger partial charge in [0.15, 0.2) is 0 Å². The minimum Gasteiger partial charge on any atom is -0.366 e. The van der Waals surface area contributed by atoms with Crippen molar-refractivity contribution in [3.05, 3.63) is 71.7 Å². The number of anilines is 3. The summed E-state index contributed by atoms with van der Waals surface area (Å²) in [6, 6.07) is 12.3. The summed E-state index contributed by atoms with van der Waals surface area (Å²) >= 11 is 0. The van der Waals surface area contributed by atoms with E-state index in [0.717, 1.165) is 17.1 Å². The molecule has 0 saturated carbocycles. The fourth-order valence-electron chi connectivity index (χ4n) is 3.02. The van der Waals surface area contributed by atoms with Gasteiger partial charge in [0, 0.05) is 30.8 Å². The van der Waals surface area contributed by atoms with E-state index >= 15 is 0 Å². The van der Waals surface area contributed by atoms with E-state index in [-0.39, 0.29) is 0 Å². The van der Waals surface area contributed by atoms with Crippen LogP contribution < -0.4 is 10.6 Å². The smallest absolute Gasteiger partial charge is 0.229 e. The van der Waals surface area contributed by atoms with Crippen LogP contribution in [0.25, 0.3) is 0 Å². The Morgan fingerprint density at radius 1 is 0.889 bits per heavy atom. The number of aromatic nitrogens is 3. The average molecular weight is 361 g/mol. The first-order valence-corrected chi connectivity index (χ1v) is 9.40. The number of rotatable bonds is 7. The van der Waals surface area contributed by atoms with Gasteiger partial charge < -0.3 is 10.6 Å². The molecular formula is C22H27N5. The lowest BCUT2D eigenvalue weighted by Gasteiger charge is -2.20. The molecule has 0 fully saturated rings. The molecule has 3 rings (SSSR count). The van der Waals surface area contributed by atoms with Gasteiger partial charge in [-0.2, -0.15) is 4.98 Å². The van der Waals surface area contributed by atoms with Gasteiger partial charge in [-0.15, -0.1) is 0 Å². The third-order valence-corrected chi connectivity index (χ3v) is 4.46. The summed E-state index contributed by atoms with van der Waals surface area (Å²) in [6.07, 6.45) is 5.39. The second-order valence-corrected chi connectivity index (χ2v) is 7.23. The zero-order valence-corrected chi connectivity index (χ0v) is 16.4. The Balaban J connectivity index is 1.82. The third kappa shape index (κ3) is 4.82. The SMILES string of the molecule is CC(C)c1cccc(C(C)C)c1Nc1nccc(NCc2cccnc2)n1. The summed E-state index contributed by atoms with van der Waals surface area (Å²) in [5.74, 6) is 2.21. The van der Waals surface area contributed by atoms with Gasteiger partial charge in [-0.05, 0) is 40.7 Å². The maximum atomic E-state index is 4.63. The van der Waals surface area contributed by atoms with Crippen molar-refractivity contribution in [2.75, 3.05) is 10.6 Å². The average Bonchev–Trinajstić information content (AvgIpc) is 2.67. The molecule has 0 aliphatic heterocycles. The zero-order valence-electron chi connectivity index (χ0n) is 16.4. The predicted octanol–water partition coefficient (Wildman–Crippen LogP) is 5.47. The van der Waals surface area contributed by atoms with Crippen molar-refractivity contribution >= 4 is 17.5 Å². The van der Waals surface area contributed by atoms with E-state index in [4.69, 9.17) is 0 Å². The molecule has 0 saturated heterocycles. The van der Waals surface area contributed by atoms with E-state index in [0.29, 0.717) is 24.3 Å². The zero-order chi connectivity index (χ0) is 19.2. The lowest BCUT2D eigenvalue weighted by molar-refractivity contribution is 0.837. The molecule has 3 aromatic rings. The Bertz CT molecular complexity index is 849. The largest absolute Gasteiger partial charge is 0.366 e. The van der Waals surface area contributed by atoms with Crippen molar-refractivity contribution in [3.8, 4) is 0 Å². The third-order valence-electron chi connectivity index (χ3n) is 4.46. The van der Waals surface area contributed by atoms with Gasteiger partial charge in [0.1, 0.15) is 5.82 Å². The van der Waals surface area contributed by atoms with E-state index in [1.54, 1.807) is 12.4 Å². The highest BCUT2D eigenvalue weighted by Gasteiger charge is 2.14. The van der Waals surface area contributed by atoms with Crippen LogP contribution in [0.15, 0.2) is 55.0 Å². The first-order chi connectivity index (χ1) is 13.0. The molecule has 0 spiro atoms. The van der Waals surface area contributed by atoms with Crippen LogP contribution in [0.4, 0.5) is 17.5 Å².